The minimum absolute atomic E-state index is 0.657. The van der Waals surface area contributed by atoms with Crippen molar-refractivity contribution in [2.45, 2.75) is 20.4 Å². The average Bonchev–Trinajstić information content (AvgIpc) is 2.39. The molecule has 0 aliphatic rings. The fraction of sp³-hybridized carbons (Fsp3) is 0.250. The van der Waals surface area contributed by atoms with Gasteiger partial charge in [-0.15, -0.1) is 0 Å². The number of hydrogen-bond donors (Lipinski definition) is 0. The molecule has 1 aromatic heterocycles. The molecule has 96 valence electrons. The van der Waals surface area contributed by atoms with Crippen LogP contribution >= 0.6 is 0 Å². The molecule has 0 atom stereocenters. The highest BCUT2D eigenvalue weighted by molar-refractivity contribution is 5.57. The maximum absolute atomic E-state index is 9.29. The first kappa shape index (κ1) is 13.1. The smallest absolute Gasteiger partial charge is 0.147 e. The molecule has 0 saturated heterocycles. The lowest BCUT2D eigenvalue weighted by molar-refractivity contribution is 0.887. The Morgan fingerprint density at radius 3 is 2.53 bits per heavy atom. The van der Waals surface area contributed by atoms with Crippen LogP contribution in [0, 0.1) is 25.2 Å². The van der Waals surface area contributed by atoms with E-state index < -0.39 is 0 Å². The van der Waals surface area contributed by atoms with Gasteiger partial charge in [-0.2, -0.15) is 5.26 Å². The maximum Gasteiger partial charge on any atom is 0.147 e. The highest BCUT2D eigenvalue weighted by Crippen LogP contribution is 2.22. The molecule has 19 heavy (non-hydrogen) atoms. The Morgan fingerprint density at radius 1 is 1.21 bits per heavy atom. The summed E-state index contributed by atoms with van der Waals surface area (Å²) in [6.45, 7) is 4.65. The highest BCUT2D eigenvalue weighted by Gasteiger charge is 2.12. The van der Waals surface area contributed by atoms with Crippen molar-refractivity contribution in [2.24, 2.45) is 0 Å². The third-order valence-electron chi connectivity index (χ3n) is 3.06. The van der Waals surface area contributed by atoms with Crippen LogP contribution in [0.2, 0.25) is 0 Å². The Bertz CT molecular complexity index is 612. The summed E-state index contributed by atoms with van der Waals surface area (Å²) in [7, 11) is 1.97. The molecular weight excluding hydrogens is 234 g/mol. The minimum atomic E-state index is 0.657. The van der Waals surface area contributed by atoms with E-state index in [2.05, 4.69) is 23.2 Å². The molecule has 0 aliphatic carbocycles. The van der Waals surface area contributed by atoms with E-state index in [9.17, 15) is 5.26 Å². The summed E-state index contributed by atoms with van der Waals surface area (Å²) in [6.07, 6.45) is 0. The lowest BCUT2D eigenvalue weighted by Crippen LogP contribution is -2.19. The summed E-state index contributed by atoms with van der Waals surface area (Å²) < 4.78 is 0. The van der Waals surface area contributed by atoms with Crippen LogP contribution in [0.25, 0.3) is 0 Å². The summed E-state index contributed by atoms with van der Waals surface area (Å²) in [5.74, 6) is 0.754. The van der Waals surface area contributed by atoms with Gasteiger partial charge in [0.15, 0.2) is 0 Å². The van der Waals surface area contributed by atoms with E-state index in [1.54, 1.807) is 0 Å². The van der Waals surface area contributed by atoms with Crippen molar-refractivity contribution in [2.75, 3.05) is 11.9 Å². The minimum Gasteiger partial charge on any atom is -0.354 e. The standard InChI is InChI=1S/C16H17N3/c1-12-9-13(2)18-16(15(12)10-17)19(3)11-14-7-5-4-6-8-14/h4-9H,11H2,1-3H3. The summed E-state index contributed by atoms with van der Waals surface area (Å²) in [4.78, 5) is 6.53. The van der Waals surface area contributed by atoms with Crippen LogP contribution in [0.15, 0.2) is 36.4 Å². The van der Waals surface area contributed by atoms with Gasteiger partial charge in [0.05, 0.1) is 5.56 Å². The first-order valence-corrected chi connectivity index (χ1v) is 6.25. The van der Waals surface area contributed by atoms with Gasteiger partial charge in [-0.1, -0.05) is 30.3 Å². The largest absolute Gasteiger partial charge is 0.354 e. The molecule has 2 rings (SSSR count). The summed E-state index contributed by atoms with van der Waals surface area (Å²) in [5, 5.41) is 9.29. The van der Waals surface area contributed by atoms with Crippen molar-refractivity contribution in [1.82, 2.24) is 4.98 Å². The van der Waals surface area contributed by atoms with Crippen LogP contribution in [0.3, 0.4) is 0 Å². The second-order valence-electron chi connectivity index (χ2n) is 4.73. The number of nitriles is 1. The van der Waals surface area contributed by atoms with Crippen molar-refractivity contribution in [3.63, 3.8) is 0 Å². The Labute approximate surface area is 114 Å². The first-order valence-electron chi connectivity index (χ1n) is 6.25. The van der Waals surface area contributed by atoms with Crippen LogP contribution in [0.4, 0.5) is 5.82 Å². The zero-order valence-electron chi connectivity index (χ0n) is 11.5. The van der Waals surface area contributed by atoms with Gasteiger partial charge >= 0.3 is 0 Å². The second kappa shape index (κ2) is 5.53. The van der Waals surface area contributed by atoms with E-state index in [0.717, 1.165) is 23.6 Å². The number of pyridine rings is 1. The second-order valence-corrected chi connectivity index (χ2v) is 4.73. The number of hydrogen-bond acceptors (Lipinski definition) is 3. The summed E-state index contributed by atoms with van der Waals surface area (Å²) in [6, 6.07) is 14.4. The van der Waals surface area contributed by atoms with Crippen molar-refractivity contribution in [1.29, 1.82) is 5.26 Å². The predicted octanol–water partition coefficient (Wildman–Crippen LogP) is 3.21. The van der Waals surface area contributed by atoms with Crippen LogP contribution in [0.1, 0.15) is 22.4 Å². The molecule has 0 saturated carbocycles. The Kier molecular flexibility index (Phi) is 3.82. The molecule has 0 bridgehead atoms. The topological polar surface area (TPSA) is 39.9 Å². The van der Waals surface area contributed by atoms with Crippen molar-refractivity contribution < 1.29 is 0 Å². The molecule has 0 spiro atoms. The fourth-order valence-corrected chi connectivity index (χ4v) is 2.16. The summed E-state index contributed by atoms with van der Waals surface area (Å²) >= 11 is 0. The number of anilines is 1. The van der Waals surface area contributed by atoms with Gasteiger partial charge in [-0.3, -0.25) is 0 Å². The van der Waals surface area contributed by atoms with Crippen LogP contribution < -0.4 is 4.90 Å². The van der Waals surface area contributed by atoms with E-state index in [1.165, 1.54) is 5.56 Å². The van der Waals surface area contributed by atoms with Crippen molar-refractivity contribution >= 4 is 5.82 Å². The number of rotatable bonds is 3. The molecule has 0 aliphatic heterocycles. The molecular formula is C16H17N3. The SMILES string of the molecule is Cc1cc(C)c(C#N)c(N(C)Cc2ccccc2)n1. The molecule has 2 aromatic rings. The molecule has 0 N–H and O–H groups in total. The molecule has 1 heterocycles. The lowest BCUT2D eigenvalue weighted by Gasteiger charge is -2.20. The molecule has 0 unspecified atom stereocenters. The third kappa shape index (κ3) is 2.92. The molecule has 0 amide bonds. The summed E-state index contributed by atoms with van der Waals surface area (Å²) in [5.41, 5.74) is 3.77. The van der Waals surface area contributed by atoms with Gasteiger partial charge in [0.2, 0.25) is 0 Å². The van der Waals surface area contributed by atoms with Crippen molar-refractivity contribution in [3.8, 4) is 6.07 Å². The van der Waals surface area contributed by atoms with Crippen LogP contribution in [-0.2, 0) is 6.54 Å². The molecule has 3 heteroatoms. The van der Waals surface area contributed by atoms with Crippen LogP contribution in [0.5, 0.6) is 0 Å². The zero-order valence-corrected chi connectivity index (χ0v) is 11.5. The Balaban J connectivity index is 2.34. The quantitative estimate of drug-likeness (QED) is 0.841. The monoisotopic (exact) mass is 251 g/mol. The maximum atomic E-state index is 9.29. The molecule has 3 nitrogen and oxygen atoms in total. The van der Waals surface area contributed by atoms with E-state index in [-0.39, 0.29) is 0 Å². The average molecular weight is 251 g/mol. The number of aryl methyl sites for hydroxylation is 2. The van der Waals surface area contributed by atoms with Gasteiger partial charge in [0.25, 0.3) is 0 Å². The van der Waals surface area contributed by atoms with Gasteiger partial charge in [-0.25, -0.2) is 4.98 Å². The van der Waals surface area contributed by atoms with E-state index in [0.29, 0.717) is 5.56 Å². The predicted molar refractivity (Wildman–Crippen MR) is 77.0 cm³/mol. The Hall–Kier alpha value is -2.34. The first-order chi connectivity index (χ1) is 9.11. The van der Waals surface area contributed by atoms with E-state index in [4.69, 9.17) is 0 Å². The number of benzene rings is 1. The normalized spacial score (nSPS) is 10.0. The van der Waals surface area contributed by atoms with Gasteiger partial charge in [0.1, 0.15) is 11.9 Å². The van der Waals surface area contributed by atoms with Gasteiger partial charge in [-0.05, 0) is 31.0 Å². The van der Waals surface area contributed by atoms with Gasteiger partial charge in [0, 0.05) is 19.3 Å². The number of nitrogens with zero attached hydrogens (tertiary/aromatic N) is 3. The van der Waals surface area contributed by atoms with Gasteiger partial charge < -0.3 is 4.90 Å². The third-order valence-corrected chi connectivity index (χ3v) is 3.06. The number of aromatic nitrogens is 1. The fourth-order valence-electron chi connectivity index (χ4n) is 2.16. The van der Waals surface area contributed by atoms with E-state index in [1.807, 2.05) is 50.1 Å². The van der Waals surface area contributed by atoms with Crippen molar-refractivity contribution in [3.05, 3.63) is 58.8 Å². The van der Waals surface area contributed by atoms with Crippen LogP contribution in [-0.4, -0.2) is 12.0 Å². The van der Waals surface area contributed by atoms with E-state index >= 15 is 0 Å². The molecule has 0 fully saturated rings. The molecule has 1 aromatic carbocycles. The lowest BCUT2D eigenvalue weighted by atomic mass is 10.1. The highest BCUT2D eigenvalue weighted by atomic mass is 15.2. The zero-order chi connectivity index (χ0) is 13.8. The molecule has 0 radical (unpaired) electrons. The Morgan fingerprint density at radius 2 is 1.89 bits per heavy atom.